The second-order valence-electron chi connectivity index (χ2n) is 10.2. The van der Waals surface area contributed by atoms with Gasteiger partial charge < -0.3 is 18.9 Å². The normalized spacial score (nSPS) is 11.2. The lowest BCUT2D eigenvalue weighted by molar-refractivity contribution is 0.270. The van der Waals surface area contributed by atoms with Gasteiger partial charge in [0, 0.05) is 32.7 Å². The van der Waals surface area contributed by atoms with E-state index < -0.39 is 67.9 Å². The van der Waals surface area contributed by atoms with E-state index in [9.17, 15) is 0 Å². The molecule has 46 heavy (non-hydrogen) atoms. The second-order valence-corrected chi connectivity index (χ2v) is 10.2. The maximum absolute atomic E-state index is 16.5. The van der Waals surface area contributed by atoms with Gasteiger partial charge >= 0.3 is 0 Å². The molecule has 0 bridgehead atoms. The number of benzene rings is 6. The highest BCUT2D eigenvalue weighted by Crippen LogP contribution is 2.50. The molecule has 0 saturated heterocycles. The van der Waals surface area contributed by atoms with Crippen molar-refractivity contribution in [2.24, 2.45) is 0 Å². The van der Waals surface area contributed by atoms with Crippen LogP contribution in [0.25, 0.3) is 32.7 Å². The Morgan fingerprint density at radius 1 is 0.435 bits per heavy atom. The lowest BCUT2D eigenvalue weighted by Crippen LogP contribution is -2.06. The first-order valence-corrected chi connectivity index (χ1v) is 13.9. The van der Waals surface area contributed by atoms with Crippen LogP contribution in [0.15, 0.2) is 84.9 Å². The summed E-state index contributed by atoms with van der Waals surface area (Å²) in [5.41, 5.74) is 0.460. The summed E-state index contributed by atoms with van der Waals surface area (Å²) in [6, 6.07) is 21.4. The van der Waals surface area contributed by atoms with Gasteiger partial charge in [0.05, 0.1) is 14.2 Å². The van der Waals surface area contributed by atoms with E-state index in [1.165, 1.54) is 26.4 Å². The Bertz CT molecular complexity index is 1940. The maximum atomic E-state index is 16.5. The van der Waals surface area contributed by atoms with Crippen molar-refractivity contribution in [3.05, 3.63) is 131 Å². The van der Waals surface area contributed by atoms with Gasteiger partial charge in [0.25, 0.3) is 0 Å². The molecule has 10 heteroatoms. The largest absolute Gasteiger partial charge is 0.496 e. The zero-order valence-corrected chi connectivity index (χ0v) is 24.4. The molecule has 0 heterocycles. The quantitative estimate of drug-likeness (QED) is 0.117. The van der Waals surface area contributed by atoms with Crippen molar-refractivity contribution in [3.8, 4) is 34.1 Å². The average molecular weight is 635 g/mol. The van der Waals surface area contributed by atoms with Gasteiger partial charge in [-0.05, 0) is 35.4 Å². The van der Waals surface area contributed by atoms with Crippen LogP contribution in [-0.2, 0) is 13.2 Å². The van der Waals surface area contributed by atoms with Crippen molar-refractivity contribution >= 4 is 21.5 Å². The summed E-state index contributed by atoms with van der Waals surface area (Å²) in [5.74, 6) is -11.1. The number of hydrogen-bond acceptors (Lipinski definition) is 4. The molecule has 0 atom stereocenters. The van der Waals surface area contributed by atoms with E-state index in [0.29, 0.717) is 11.1 Å². The molecule has 0 aliphatic heterocycles. The Kier molecular flexibility index (Phi) is 8.36. The van der Waals surface area contributed by atoms with E-state index in [1.807, 2.05) is 0 Å². The van der Waals surface area contributed by atoms with Crippen LogP contribution in [0.4, 0.5) is 26.3 Å². The van der Waals surface area contributed by atoms with E-state index in [1.54, 1.807) is 60.7 Å². The van der Waals surface area contributed by atoms with Crippen LogP contribution < -0.4 is 18.9 Å². The van der Waals surface area contributed by atoms with Crippen LogP contribution >= 0.6 is 0 Å². The Labute approximate surface area is 259 Å². The summed E-state index contributed by atoms with van der Waals surface area (Å²) < 4.78 is 117. The minimum atomic E-state index is -1.59. The molecule has 6 rings (SSSR count). The zero-order valence-electron chi connectivity index (χ0n) is 24.4. The van der Waals surface area contributed by atoms with Gasteiger partial charge in [-0.15, -0.1) is 0 Å². The molecule has 0 saturated carbocycles. The van der Waals surface area contributed by atoms with Crippen molar-refractivity contribution in [1.29, 1.82) is 0 Å². The minimum absolute atomic E-state index is 0.131. The Balaban J connectivity index is 1.65. The molecule has 0 spiro atoms. The molecular weight excluding hydrogens is 610 g/mol. The van der Waals surface area contributed by atoms with Gasteiger partial charge in [-0.25, -0.2) is 17.6 Å². The Morgan fingerprint density at radius 2 is 0.804 bits per heavy atom. The summed E-state index contributed by atoms with van der Waals surface area (Å²) in [6.07, 6.45) is 0. The molecular formula is C36H24F6O4. The fourth-order valence-corrected chi connectivity index (χ4v) is 5.39. The minimum Gasteiger partial charge on any atom is -0.496 e. The number of hydrogen-bond donors (Lipinski definition) is 0. The Morgan fingerprint density at radius 3 is 1.15 bits per heavy atom. The molecule has 0 amide bonds. The summed E-state index contributed by atoms with van der Waals surface area (Å²) in [4.78, 5) is 0. The highest BCUT2D eigenvalue weighted by molar-refractivity contribution is 6.11. The highest BCUT2D eigenvalue weighted by Gasteiger charge is 2.31. The fourth-order valence-electron chi connectivity index (χ4n) is 5.39. The molecule has 0 fully saturated rings. The van der Waals surface area contributed by atoms with Crippen LogP contribution in [0.2, 0.25) is 0 Å². The summed E-state index contributed by atoms with van der Waals surface area (Å²) in [7, 11) is 2.44. The van der Waals surface area contributed by atoms with Crippen LogP contribution in [0.1, 0.15) is 11.1 Å². The van der Waals surface area contributed by atoms with Crippen molar-refractivity contribution in [2.75, 3.05) is 14.2 Å². The van der Waals surface area contributed by atoms with Crippen molar-refractivity contribution in [1.82, 2.24) is 0 Å². The third-order valence-electron chi connectivity index (χ3n) is 7.57. The number of methoxy groups -OCH3 is 2. The molecule has 0 aliphatic rings. The molecule has 6 aromatic carbocycles. The first-order valence-electron chi connectivity index (χ1n) is 13.9. The van der Waals surface area contributed by atoms with Gasteiger partial charge in [0.15, 0.2) is 34.8 Å². The topological polar surface area (TPSA) is 36.9 Å². The Hall–Kier alpha value is -5.38. The van der Waals surface area contributed by atoms with Gasteiger partial charge in [-0.3, -0.25) is 0 Å². The molecule has 4 nitrogen and oxygen atoms in total. The predicted molar refractivity (Wildman–Crippen MR) is 161 cm³/mol. The monoisotopic (exact) mass is 634 g/mol. The number of fused-ring (bicyclic) bond motifs is 2. The van der Waals surface area contributed by atoms with E-state index >= 15 is 26.3 Å². The molecule has 6 aromatic rings. The van der Waals surface area contributed by atoms with Gasteiger partial charge in [0.1, 0.15) is 24.7 Å². The highest BCUT2D eigenvalue weighted by atomic mass is 19.2. The van der Waals surface area contributed by atoms with Crippen molar-refractivity contribution < 1.29 is 45.3 Å². The standard InChI is InChI=1S/C36H24F6O4/c1-43-23-15-13-21-25(31(39)35(33(41)29(21)37)45-17-19-9-5-3-6-10-19)27(23)28-24(44-2)16-14-22-26(28)32(40)36(34(42)30(22)38)46-18-20-11-7-4-8-12-20/h3-16H,17-18H2,1-2H3. The SMILES string of the molecule is COc1ccc2c(F)c(F)c(OCc3ccccc3)c(F)c2c1-c1c(OC)ccc2c(F)c(F)c(OCc3ccccc3)c(F)c12. The molecule has 0 unspecified atom stereocenters. The number of rotatable bonds is 9. The van der Waals surface area contributed by atoms with Gasteiger partial charge in [-0.1, -0.05) is 60.7 Å². The van der Waals surface area contributed by atoms with Crippen LogP contribution in [0, 0.1) is 34.9 Å². The van der Waals surface area contributed by atoms with Gasteiger partial charge in [-0.2, -0.15) is 8.78 Å². The van der Waals surface area contributed by atoms with E-state index in [0.717, 1.165) is 12.1 Å². The molecule has 234 valence electrons. The number of halogens is 6. The molecule has 0 N–H and O–H groups in total. The smallest absolute Gasteiger partial charge is 0.204 e. The van der Waals surface area contributed by atoms with Gasteiger partial charge in [0.2, 0.25) is 11.6 Å². The van der Waals surface area contributed by atoms with E-state index in [2.05, 4.69) is 0 Å². The number of ether oxygens (including phenoxy) is 4. The third kappa shape index (κ3) is 5.19. The zero-order chi connectivity index (χ0) is 32.5. The van der Waals surface area contributed by atoms with E-state index in [-0.39, 0.29) is 35.8 Å². The molecule has 0 aliphatic carbocycles. The average Bonchev–Trinajstić information content (AvgIpc) is 3.09. The van der Waals surface area contributed by atoms with Crippen LogP contribution in [0.5, 0.6) is 23.0 Å². The molecule has 0 radical (unpaired) electrons. The lowest BCUT2D eigenvalue weighted by Gasteiger charge is -2.21. The van der Waals surface area contributed by atoms with Crippen molar-refractivity contribution in [2.45, 2.75) is 13.2 Å². The lowest BCUT2D eigenvalue weighted by atomic mass is 9.90. The second kappa shape index (κ2) is 12.5. The first kappa shape index (κ1) is 30.6. The predicted octanol–water partition coefficient (Wildman–Crippen LogP) is 9.67. The first-order chi connectivity index (χ1) is 22.3. The van der Waals surface area contributed by atoms with E-state index in [4.69, 9.17) is 18.9 Å². The van der Waals surface area contributed by atoms with Crippen LogP contribution in [0.3, 0.4) is 0 Å². The third-order valence-corrected chi connectivity index (χ3v) is 7.57. The summed E-state index contributed by atoms with van der Waals surface area (Å²) in [5, 5.41) is -2.22. The molecule has 0 aromatic heterocycles. The summed E-state index contributed by atoms with van der Waals surface area (Å²) in [6.45, 7) is -0.616. The van der Waals surface area contributed by atoms with Crippen LogP contribution in [-0.4, -0.2) is 14.2 Å². The maximum Gasteiger partial charge on any atom is 0.204 e. The summed E-state index contributed by atoms with van der Waals surface area (Å²) >= 11 is 0. The fraction of sp³-hybridized carbons (Fsp3) is 0.111. The van der Waals surface area contributed by atoms with Crippen molar-refractivity contribution in [3.63, 3.8) is 0 Å².